The van der Waals surface area contributed by atoms with Crippen molar-refractivity contribution in [1.29, 1.82) is 0 Å². The Labute approximate surface area is 155 Å². The van der Waals surface area contributed by atoms with Crippen LogP contribution in [0.1, 0.15) is 110 Å². The third kappa shape index (κ3) is 16.6. The maximum Gasteiger partial charge on any atom is 0.302 e. The molecule has 2 N–H and O–H groups in total. The molecule has 0 fully saturated rings. The Morgan fingerprint density at radius 3 is 1.56 bits per heavy atom. The van der Waals surface area contributed by atoms with Crippen LogP contribution >= 0.6 is 0 Å². The van der Waals surface area contributed by atoms with Crippen molar-refractivity contribution in [3.63, 3.8) is 0 Å². The van der Waals surface area contributed by atoms with Gasteiger partial charge in [0.05, 0.1) is 6.61 Å². The minimum absolute atomic E-state index is 0.365. The SMILES string of the molecule is CCCCCCCCCCCCCCCCC(OC(C)=O)C(O)CO. The van der Waals surface area contributed by atoms with Gasteiger partial charge in [-0.2, -0.15) is 0 Å². The van der Waals surface area contributed by atoms with Crippen LogP contribution in [0.4, 0.5) is 0 Å². The maximum absolute atomic E-state index is 11.0. The van der Waals surface area contributed by atoms with E-state index >= 15 is 0 Å². The first-order chi connectivity index (χ1) is 12.1. The average Bonchev–Trinajstić information content (AvgIpc) is 2.60. The Kier molecular flexibility index (Phi) is 17.7. The van der Waals surface area contributed by atoms with E-state index < -0.39 is 18.2 Å². The Bertz CT molecular complexity index is 294. The van der Waals surface area contributed by atoms with Crippen LogP contribution in [-0.2, 0) is 9.53 Å². The summed E-state index contributed by atoms with van der Waals surface area (Å²) in [5.41, 5.74) is 0. The van der Waals surface area contributed by atoms with Gasteiger partial charge in [-0.1, -0.05) is 90.4 Å². The first-order valence-electron chi connectivity index (χ1n) is 10.6. The molecule has 150 valence electrons. The summed E-state index contributed by atoms with van der Waals surface area (Å²) in [5.74, 6) is -0.400. The summed E-state index contributed by atoms with van der Waals surface area (Å²) >= 11 is 0. The summed E-state index contributed by atoms with van der Waals surface area (Å²) in [7, 11) is 0. The number of carbonyl (C=O) groups is 1. The lowest BCUT2D eigenvalue weighted by Gasteiger charge is -2.21. The smallest absolute Gasteiger partial charge is 0.302 e. The standard InChI is InChI=1S/C21H42O4/c1-3-4-5-6-7-8-9-10-11-12-13-14-15-16-17-21(20(24)18-22)25-19(2)23/h20-22,24H,3-18H2,1-2H3. The van der Waals surface area contributed by atoms with Crippen molar-refractivity contribution in [2.75, 3.05) is 6.61 Å². The van der Waals surface area contributed by atoms with Gasteiger partial charge >= 0.3 is 5.97 Å². The molecule has 0 spiro atoms. The van der Waals surface area contributed by atoms with E-state index in [1.807, 2.05) is 0 Å². The normalized spacial score (nSPS) is 13.6. The zero-order chi connectivity index (χ0) is 18.8. The third-order valence-corrected chi connectivity index (χ3v) is 4.78. The molecule has 2 atom stereocenters. The van der Waals surface area contributed by atoms with Crippen LogP contribution in [-0.4, -0.2) is 35.0 Å². The molecule has 2 unspecified atom stereocenters. The minimum Gasteiger partial charge on any atom is -0.460 e. The van der Waals surface area contributed by atoms with E-state index in [1.54, 1.807) is 0 Å². The van der Waals surface area contributed by atoms with E-state index in [-0.39, 0.29) is 6.61 Å². The summed E-state index contributed by atoms with van der Waals surface area (Å²) < 4.78 is 5.07. The number of rotatable bonds is 18. The van der Waals surface area contributed by atoms with E-state index in [2.05, 4.69) is 6.92 Å². The minimum atomic E-state index is -0.967. The fourth-order valence-electron chi connectivity index (χ4n) is 3.20. The lowest BCUT2D eigenvalue weighted by atomic mass is 10.0. The number of aliphatic hydroxyl groups is 2. The number of hydrogen-bond acceptors (Lipinski definition) is 4. The predicted octanol–water partition coefficient (Wildman–Crippen LogP) is 5.14. The predicted molar refractivity (Wildman–Crippen MR) is 104 cm³/mol. The third-order valence-electron chi connectivity index (χ3n) is 4.78. The zero-order valence-electron chi connectivity index (χ0n) is 16.7. The summed E-state index contributed by atoms with van der Waals surface area (Å²) in [4.78, 5) is 11.0. The molecule has 0 aromatic rings. The molecule has 4 heteroatoms. The van der Waals surface area contributed by atoms with Gasteiger partial charge in [0.25, 0.3) is 0 Å². The van der Waals surface area contributed by atoms with E-state index in [0.29, 0.717) is 6.42 Å². The number of carbonyl (C=O) groups excluding carboxylic acids is 1. The molecule has 0 aromatic carbocycles. The summed E-state index contributed by atoms with van der Waals surface area (Å²) in [6.45, 7) is 3.23. The van der Waals surface area contributed by atoms with Crippen LogP contribution in [0, 0.1) is 0 Å². The van der Waals surface area contributed by atoms with Crippen molar-refractivity contribution in [2.45, 2.75) is 122 Å². The van der Waals surface area contributed by atoms with Crippen LogP contribution in [0.15, 0.2) is 0 Å². The molecule has 0 aliphatic heterocycles. The van der Waals surface area contributed by atoms with E-state index in [9.17, 15) is 9.90 Å². The molecule has 0 amide bonds. The maximum atomic E-state index is 11.0. The fourth-order valence-corrected chi connectivity index (χ4v) is 3.20. The van der Waals surface area contributed by atoms with Gasteiger partial charge in [0, 0.05) is 6.92 Å². The highest BCUT2D eigenvalue weighted by Gasteiger charge is 2.20. The van der Waals surface area contributed by atoms with Crippen molar-refractivity contribution < 1.29 is 19.7 Å². The van der Waals surface area contributed by atoms with Crippen LogP contribution in [0.3, 0.4) is 0 Å². The van der Waals surface area contributed by atoms with Gasteiger partial charge in [-0.3, -0.25) is 4.79 Å². The van der Waals surface area contributed by atoms with Gasteiger partial charge in [0.1, 0.15) is 12.2 Å². The van der Waals surface area contributed by atoms with E-state index in [4.69, 9.17) is 9.84 Å². The van der Waals surface area contributed by atoms with Gasteiger partial charge in [-0.25, -0.2) is 0 Å². The second-order valence-electron chi connectivity index (χ2n) is 7.28. The Balaban J connectivity index is 3.38. The molecule has 0 rings (SSSR count). The summed E-state index contributed by atoms with van der Waals surface area (Å²) in [5, 5.41) is 18.6. The second kappa shape index (κ2) is 18.2. The fraction of sp³-hybridized carbons (Fsp3) is 0.952. The van der Waals surface area contributed by atoms with Crippen molar-refractivity contribution in [1.82, 2.24) is 0 Å². The first-order valence-corrected chi connectivity index (χ1v) is 10.6. The van der Waals surface area contributed by atoms with Gasteiger partial charge in [0.15, 0.2) is 0 Å². The van der Waals surface area contributed by atoms with Crippen molar-refractivity contribution >= 4 is 5.97 Å². The number of unbranched alkanes of at least 4 members (excludes halogenated alkanes) is 13. The van der Waals surface area contributed by atoms with Gasteiger partial charge < -0.3 is 14.9 Å². The highest BCUT2D eigenvalue weighted by Crippen LogP contribution is 2.15. The van der Waals surface area contributed by atoms with Crippen molar-refractivity contribution in [2.24, 2.45) is 0 Å². The zero-order valence-corrected chi connectivity index (χ0v) is 16.7. The molecule has 0 radical (unpaired) electrons. The number of aliphatic hydroxyl groups excluding tert-OH is 2. The molecule has 0 saturated heterocycles. The molecule has 0 aliphatic carbocycles. The van der Waals surface area contributed by atoms with Gasteiger partial charge in [-0.05, 0) is 12.8 Å². The molecular formula is C21H42O4. The lowest BCUT2D eigenvalue weighted by Crippen LogP contribution is -2.33. The van der Waals surface area contributed by atoms with Gasteiger partial charge in [-0.15, -0.1) is 0 Å². The number of esters is 1. The summed E-state index contributed by atoms with van der Waals surface area (Å²) in [6, 6.07) is 0. The topological polar surface area (TPSA) is 66.8 Å². The largest absolute Gasteiger partial charge is 0.460 e. The Morgan fingerprint density at radius 1 is 0.800 bits per heavy atom. The number of hydrogen-bond donors (Lipinski definition) is 2. The van der Waals surface area contributed by atoms with Gasteiger partial charge in [0.2, 0.25) is 0 Å². The average molecular weight is 359 g/mol. The van der Waals surface area contributed by atoms with Crippen LogP contribution in [0.25, 0.3) is 0 Å². The van der Waals surface area contributed by atoms with E-state index in [1.165, 1.54) is 84.0 Å². The molecule has 0 aromatic heterocycles. The quantitative estimate of drug-likeness (QED) is 0.263. The van der Waals surface area contributed by atoms with Crippen LogP contribution < -0.4 is 0 Å². The first kappa shape index (κ1) is 24.4. The molecule has 0 saturated carbocycles. The van der Waals surface area contributed by atoms with Crippen molar-refractivity contribution in [3.05, 3.63) is 0 Å². The van der Waals surface area contributed by atoms with Crippen LogP contribution in [0.2, 0.25) is 0 Å². The molecule has 0 bridgehead atoms. The highest BCUT2D eigenvalue weighted by atomic mass is 16.6. The van der Waals surface area contributed by atoms with E-state index in [0.717, 1.165) is 12.8 Å². The van der Waals surface area contributed by atoms with Crippen molar-refractivity contribution in [3.8, 4) is 0 Å². The molecular weight excluding hydrogens is 316 g/mol. The molecule has 4 nitrogen and oxygen atoms in total. The second-order valence-corrected chi connectivity index (χ2v) is 7.28. The monoisotopic (exact) mass is 358 g/mol. The Morgan fingerprint density at radius 2 is 1.20 bits per heavy atom. The molecule has 0 aliphatic rings. The lowest BCUT2D eigenvalue weighted by molar-refractivity contribution is -0.154. The highest BCUT2D eigenvalue weighted by molar-refractivity contribution is 5.66. The number of ether oxygens (including phenoxy) is 1. The summed E-state index contributed by atoms with van der Waals surface area (Å²) in [6.07, 6.45) is 17.3. The molecule has 25 heavy (non-hydrogen) atoms. The molecule has 0 heterocycles. The van der Waals surface area contributed by atoms with Crippen LogP contribution in [0.5, 0.6) is 0 Å². The Hall–Kier alpha value is -0.610.